The van der Waals surface area contributed by atoms with Gasteiger partial charge in [0.15, 0.2) is 5.82 Å². The molecule has 2 aromatic heterocycles. The molecule has 6 nitrogen and oxygen atoms in total. The van der Waals surface area contributed by atoms with E-state index < -0.39 is 17.3 Å². The second-order valence-corrected chi connectivity index (χ2v) is 9.79. The maximum atomic E-state index is 15.4. The lowest BCUT2D eigenvalue weighted by Crippen LogP contribution is -2.49. The Kier molecular flexibility index (Phi) is 4.84. The highest BCUT2D eigenvalue weighted by atomic mass is 19.1. The molecule has 166 valence electrons. The van der Waals surface area contributed by atoms with Gasteiger partial charge in [-0.05, 0) is 68.1 Å². The maximum Gasteiger partial charge on any atom is 0.341 e. The minimum absolute atomic E-state index is 0.166. The number of rotatable bonds is 4. The van der Waals surface area contributed by atoms with E-state index >= 15 is 4.39 Å². The number of nitrogens with zero attached hydrogens (tertiary/aromatic N) is 2. The number of fused-ring (bicyclic) bond motifs is 1. The maximum absolute atomic E-state index is 15.4. The SMILES string of the molecule is Cc1c(N2CCC(C3(N)CCCCC3)C2)c(F)cn2c(=O)c(C(=O)O)cc(C3CC3)c12. The Morgan fingerprint density at radius 1 is 1.23 bits per heavy atom. The van der Waals surface area contributed by atoms with Gasteiger partial charge in [0.05, 0.1) is 17.4 Å². The van der Waals surface area contributed by atoms with E-state index in [4.69, 9.17) is 5.73 Å². The molecule has 0 spiro atoms. The molecule has 7 heteroatoms. The van der Waals surface area contributed by atoms with Gasteiger partial charge in [-0.2, -0.15) is 0 Å². The van der Waals surface area contributed by atoms with Crippen molar-refractivity contribution in [1.29, 1.82) is 0 Å². The highest BCUT2D eigenvalue weighted by Gasteiger charge is 2.41. The predicted molar refractivity (Wildman–Crippen MR) is 118 cm³/mol. The molecule has 0 radical (unpaired) electrons. The van der Waals surface area contributed by atoms with Crippen molar-refractivity contribution >= 4 is 17.2 Å². The number of anilines is 1. The Morgan fingerprint density at radius 3 is 2.58 bits per heavy atom. The Balaban J connectivity index is 1.59. The molecule has 2 aliphatic carbocycles. The molecule has 3 N–H and O–H groups in total. The summed E-state index contributed by atoms with van der Waals surface area (Å²) in [5, 5.41) is 9.47. The number of carboxylic acid groups (broad SMARTS) is 1. The molecule has 3 heterocycles. The third-order valence-corrected chi connectivity index (χ3v) is 7.79. The Hall–Kier alpha value is -2.41. The van der Waals surface area contributed by atoms with Gasteiger partial charge in [-0.3, -0.25) is 9.20 Å². The third-order valence-electron chi connectivity index (χ3n) is 7.79. The highest BCUT2D eigenvalue weighted by molar-refractivity contribution is 5.89. The van der Waals surface area contributed by atoms with E-state index in [0.29, 0.717) is 22.7 Å². The molecule has 1 aliphatic heterocycles. The largest absolute Gasteiger partial charge is 0.477 e. The van der Waals surface area contributed by atoms with Gasteiger partial charge in [0.2, 0.25) is 0 Å². The summed E-state index contributed by atoms with van der Waals surface area (Å²) < 4.78 is 16.6. The third kappa shape index (κ3) is 3.34. The quantitative estimate of drug-likeness (QED) is 0.775. The minimum Gasteiger partial charge on any atom is -0.477 e. The number of carboxylic acids is 1. The molecule has 1 unspecified atom stereocenters. The standard InChI is InChI=1S/C24H30FN3O3/c1-14-20-17(15-5-6-15)11-18(23(30)31)22(29)28(20)13-19(25)21(14)27-10-7-16(12-27)24(26)8-3-2-4-9-24/h11,13,15-16H,2-10,12,26H2,1H3,(H,30,31). The molecular formula is C24H30FN3O3. The lowest BCUT2D eigenvalue weighted by molar-refractivity contribution is 0.0694. The lowest BCUT2D eigenvalue weighted by Gasteiger charge is -2.39. The Labute approximate surface area is 180 Å². The van der Waals surface area contributed by atoms with Crippen LogP contribution in [0.25, 0.3) is 5.52 Å². The van der Waals surface area contributed by atoms with Crippen molar-refractivity contribution < 1.29 is 14.3 Å². The summed E-state index contributed by atoms with van der Waals surface area (Å²) >= 11 is 0. The summed E-state index contributed by atoms with van der Waals surface area (Å²) in [7, 11) is 0. The number of carbonyl (C=O) groups is 1. The number of aryl methyl sites for hydroxylation is 1. The van der Waals surface area contributed by atoms with Crippen LogP contribution in [0.2, 0.25) is 0 Å². The van der Waals surface area contributed by atoms with Gasteiger partial charge in [0.1, 0.15) is 5.56 Å². The molecule has 3 fully saturated rings. The van der Waals surface area contributed by atoms with Crippen molar-refractivity contribution in [3.63, 3.8) is 0 Å². The molecule has 5 rings (SSSR count). The first-order valence-electron chi connectivity index (χ1n) is 11.5. The van der Waals surface area contributed by atoms with Gasteiger partial charge in [0, 0.05) is 18.6 Å². The number of aromatic nitrogens is 1. The van der Waals surface area contributed by atoms with Gasteiger partial charge in [-0.1, -0.05) is 19.3 Å². The molecule has 2 saturated carbocycles. The van der Waals surface area contributed by atoms with Crippen LogP contribution in [0.5, 0.6) is 0 Å². The van der Waals surface area contributed by atoms with Crippen LogP contribution >= 0.6 is 0 Å². The zero-order valence-electron chi connectivity index (χ0n) is 18.0. The van der Waals surface area contributed by atoms with Crippen LogP contribution in [0, 0.1) is 18.7 Å². The first-order valence-corrected chi connectivity index (χ1v) is 11.5. The van der Waals surface area contributed by atoms with Crippen LogP contribution in [0.15, 0.2) is 17.1 Å². The first kappa shape index (κ1) is 20.5. The van der Waals surface area contributed by atoms with Crippen molar-refractivity contribution in [2.45, 2.75) is 69.7 Å². The smallest absolute Gasteiger partial charge is 0.341 e. The number of halogens is 1. The van der Waals surface area contributed by atoms with Crippen LogP contribution < -0.4 is 16.2 Å². The van der Waals surface area contributed by atoms with E-state index in [1.54, 1.807) is 0 Å². The van der Waals surface area contributed by atoms with Crippen LogP contribution in [0.4, 0.5) is 10.1 Å². The number of pyridine rings is 2. The van der Waals surface area contributed by atoms with Gasteiger partial charge < -0.3 is 15.7 Å². The molecule has 1 atom stereocenters. The average Bonchev–Trinajstić information content (AvgIpc) is 3.45. The topological polar surface area (TPSA) is 88.0 Å². The van der Waals surface area contributed by atoms with Crippen LogP contribution in [0.1, 0.15) is 78.8 Å². The highest BCUT2D eigenvalue weighted by Crippen LogP contribution is 2.45. The second-order valence-electron chi connectivity index (χ2n) is 9.79. The summed E-state index contributed by atoms with van der Waals surface area (Å²) in [6.45, 7) is 3.32. The number of hydrogen-bond donors (Lipinski definition) is 2. The van der Waals surface area contributed by atoms with Crippen molar-refractivity contribution in [2.75, 3.05) is 18.0 Å². The molecule has 3 aliphatic rings. The van der Waals surface area contributed by atoms with E-state index in [9.17, 15) is 14.7 Å². The Morgan fingerprint density at radius 2 is 1.94 bits per heavy atom. The lowest BCUT2D eigenvalue weighted by atomic mass is 9.73. The summed E-state index contributed by atoms with van der Waals surface area (Å²) in [5.41, 5.74) is 8.40. The number of hydrogen-bond acceptors (Lipinski definition) is 4. The van der Waals surface area contributed by atoms with E-state index in [-0.39, 0.29) is 17.0 Å². The van der Waals surface area contributed by atoms with E-state index in [1.165, 1.54) is 23.1 Å². The van der Waals surface area contributed by atoms with Crippen molar-refractivity contribution in [3.8, 4) is 0 Å². The van der Waals surface area contributed by atoms with Crippen molar-refractivity contribution in [3.05, 3.63) is 45.1 Å². The average molecular weight is 428 g/mol. The molecular weight excluding hydrogens is 397 g/mol. The van der Waals surface area contributed by atoms with Crippen molar-refractivity contribution in [1.82, 2.24) is 4.40 Å². The monoisotopic (exact) mass is 427 g/mol. The molecule has 0 aromatic carbocycles. The second kappa shape index (κ2) is 7.33. The number of aromatic carboxylic acids is 1. The number of nitrogens with two attached hydrogens (primary N) is 1. The minimum atomic E-state index is -1.27. The summed E-state index contributed by atoms with van der Waals surface area (Å²) in [6.07, 6.45) is 9.68. The molecule has 0 bridgehead atoms. The van der Waals surface area contributed by atoms with E-state index in [1.807, 2.05) is 6.92 Å². The molecule has 2 aromatic rings. The fraction of sp³-hybridized carbons (Fsp3) is 0.583. The summed E-state index contributed by atoms with van der Waals surface area (Å²) in [4.78, 5) is 26.5. The first-order chi connectivity index (χ1) is 14.8. The molecule has 31 heavy (non-hydrogen) atoms. The fourth-order valence-electron chi connectivity index (χ4n) is 5.94. The molecule has 0 amide bonds. The van der Waals surface area contributed by atoms with Crippen molar-refractivity contribution in [2.24, 2.45) is 11.7 Å². The predicted octanol–water partition coefficient (Wildman–Crippen LogP) is 3.81. The zero-order valence-corrected chi connectivity index (χ0v) is 18.0. The Bertz CT molecular complexity index is 1120. The molecule has 1 saturated heterocycles. The summed E-state index contributed by atoms with van der Waals surface area (Å²) in [5.74, 6) is -1.19. The van der Waals surface area contributed by atoms with E-state index in [2.05, 4.69) is 4.90 Å². The van der Waals surface area contributed by atoms with Gasteiger partial charge in [0.25, 0.3) is 5.56 Å². The summed E-state index contributed by atoms with van der Waals surface area (Å²) in [6, 6.07) is 1.51. The van der Waals surface area contributed by atoms with Gasteiger partial charge in [-0.25, -0.2) is 9.18 Å². The fourth-order valence-corrected chi connectivity index (χ4v) is 5.94. The van der Waals surface area contributed by atoms with Crippen LogP contribution in [-0.4, -0.2) is 34.1 Å². The van der Waals surface area contributed by atoms with E-state index in [0.717, 1.165) is 63.6 Å². The van der Waals surface area contributed by atoms with Crippen LogP contribution in [0.3, 0.4) is 0 Å². The zero-order chi connectivity index (χ0) is 21.9. The van der Waals surface area contributed by atoms with Crippen LogP contribution in [-0.2, 0) is 0 Å². The van der Waals surface area contributed by atoms with Gasteiger partial charge >= 0.3 is 5.97 Å². The van der Waals surface area contributed by atoms with Gasteiger partial charge in [-0.15, -0.1) is 0 Å². The normalized spacial score (nSPS) is 23.5.